The Morgan fingerprint density at radius 3 is 2.82 bits per heavy atom. The standard InChI is InChI=1S/C12H19N3O2/c1-9(2)6-15(7-11(13)17)12-10(8-16)4-3-5-14-12/h3-5,9,16H,6-8H2,1-2H3,(H2,13,17). The number of anilines is 1. The fraction of sp³-hybridized carbons (Fsp3) is 0.500. The quantitative estimate of drug-likeness (QED) is 0.756. The predicted octanol–water partition coefficient (Wildman–Crippen LogP) is 0.522. The zero-order valence-corrected chi connectivity index (χ0v) is 10.3. The number of primary amides is 1. The highest BCUT2D eigenvalue weighted by atomic mass is 16.3. The van der Waals surface area contributed by atoms with Gasteiger partial charge in [0.1, 0.15) is 5.82 Å². The van der Waals surface area contributed by atoms with Crippen molar-refractivity contribution in [1.29, 1.82) is 0 Å². The number of aromatic nitrogens is 1. The van der Waals surface area contributed by atoms with Crippen LogP contribution in [0.15, 0.2) is 18.3 Å². The molecule has 0 spiro atoms. The minimum Gasteiger partial charge on any atom is -0.392 e. The third-order valence-corrected chi connectivity index (χ3v) is 2.27. The lowest BCUT2D eigenvalue weighted by molar-refractivity contribution is -0.116. The number of aliphatic hydroxyl groups excluding tert-OH is 1. The van der Waals surface area contributed by atoms with Gasteiger partial charge in [0.25, 0.3) is 0 Å². The molecule has 17 heavy (non-hydrogen) atoms. The SMILES string of the molecule is CC(C)CN(CC(N)=O)c1ncccc1CO. The Morgan fingerprint density at radius 1 is 1.59 bits per heavy atom. The van der Waals surface area contributed by atoms with Crippen molar-refractivity contribution in [2.24, 2.45) is 11.7 Å². The molecule has 0 bridgehead atoms. The molecule has 0 unspecified atom stereocenters. The number of rotatable bonds is 6. The predicted molar refractivity (Wildman–Crippen MR) is 66.4 cm³/mol. The van der Waals surface area contributed by atoms with E-state index in [1.807, 2.05) is 0 Å². The van der Waals surface area contributed by atoms with Crippen LogP contribution in [0.3, 0.4) is 0 Å². The number of aliphatic hydroxyl groups is 1. The van der Waals surface area contributed by atoms with E-state index in [2.05, 4.69) is 18.8 Å². The number of carbonyl (C=O) groups is 1. The Hall–Kier alpha value is -1.62. The summed E-state index contributed by atoms with van der Waals surface area (Å²) in [6.07, 6.45) is 1.64. The van der Waals surface area contributed by atoms with E-state index in [1.165, 1.54) is 0 Å². The van der Waals surface area contributed by atoms with Crippen LogP contribution in [0.25, 0.3) is 0 Å². The summed E-state index contributed by atoms with van der Waals surface area (Å²) in [6, 6.07) is 3.55. The molecule has 0 aliphatic heterocycles. The van der Waals surface area contributed by atoms with Gasteiger partial charge in [-0.05, 0) is 12.0 Å². The minimum absolute atomic E-state index is 0.101. The summed E-state index contributed by atoms with van der Waals surface area (Å²) >= 11 is 0. The van der Waals surface area contributed by atoms with E-state index in [0.717, 1.165) is 0 Å². The number of carbonyl (C=O) groups excluding carboxylic acids is 1. The van der Waals surface area contributed by atoms with Crippen LogP contribution in [0, 0.1) is 5.92 Å². The molecule has 0 fully saturated rings. The van der Waals surface area contributed by atoms with Crippen molar-refractivity contribution in [3.63, 3.8) is 0 Å². The molecule has 1 amide bonds. The highest BCUT2D eigenvalue weighted by molar-refractivity contribution is 5.79. The van der Waals surface area contributed by atoms with Crippen molar-refractivity contribution >= 4 is 11.7 Å². The molecule has 1 heterocycles. The third kappa shape index (κ3) is 4.03. The van der Waals surface area contributed by atoms with Gasteiger partial charge >= 0.3 is 0 Å². The Kier molecular flexibility index (Phi) is 4.90. The Morgan fingerprint density at radius 2 is 2.29 bits per heavy atom. The van der Waals surface area contributed by atoms with Gasteiger partial charge in [-0.25, -0.2) is 4.98 Å². The second kappa shape index (κ2) is 6.20. The van der Waals surface area contributed by atoms with Crippen LogP contribution in [0.4, 0.5) is 5.82 Å². The van der Waals surface area contributed by atoms with E-state index in [9.17, 15) is 9.90 Å². The smallest absolute Gasteiger partial charge is 0.236 e. The summed E-state index contributed by atoms with van der Waals surface area (Å²) in [6.45, 7) is 4.79. The molecular weight excluding hydrogens is 218 g/mol. The van der Waals surface area contributed by atoms with Crippen LogP contribution in [0.5, 0.6) is 0 Å². The lowest BCUT2D eigenvalue weighted by atomic mass is 10.2. The van der Waals surface area contributed by atoms with Gasteiger partial charge in [0.15, 0.2) is 0 Å². The first kappa shape index (κ1) is 13.4. The summed E-state index contributed by atoms with van der Waals surface area (Å²) in [7, 11) is 0. The lowest BCUT2D eigenvalue weighted by Crippen LogP contribution is -2.37. The molecular formula is C12H19N3O2. The lowest BCUT2D eigenvalue weighted by Gasteiger charge is -2.25. The average Bonchev–Trinajstić information content (AvgIpc) is 2.27. The molecule has 0 saturated carbocycles. The molecule has 94 valence electrons. The van der Waals surface area contributed by atoms with Crippen LogP contribution in [0.2, 0.25) is 0 Å². The zero-order chi connectivity index (χ0) is 12.8. The van der Waals surface area contributed by atoms with E-state index in [4.69, 9.17) is 5.73 Å². The van der Waals surface area contributed by atoms with Gasteiger partial charge in [0, 0.05) is 18.3 Å². The van der Waals surface area contributed by atoms with Gasteiger partial charge < -0.3 is 15.7 Å². The van der Waals surface area contributed by atoms with Gasteiger partial charge in [-0.3, -0.25) is 4.79 Å². The second-order valence-corrected chi connectivity index (χ2v) is 4.38. The molecule has 1 aromatic rings. The van der Waals surface area contributed by atoms with Crippen molar-refractivity contribution in [3.8, 4) is 0 Å². The number of hydrogen-bond acceptors (Lipinski definition) is 4. The first-order valence-electron chi connectivity index (χ1n) is 5.62. The van der Waals surface area contributed by atoms with Crippen molar-refractivity contribution in [3.05, 3.63) is 23.9 Å². The maximum Gasteiger partial charge on any atom is 0.236 e. The first-order chi connectivity index (χ1) is 8.04. The van der Waals surface area contributed by atoms with Gasteiger partial charge in [0.05, 0.1) is 13.2 Å². The monoisotopic (exact) mass is 237 g/mol. The van der Waals surface area contributed by atoms with Gasteiger partial charge in [-0.15, -0.1) is 0 Å². The van der Waals surface area contributed by atoms with E-state index in [0.29, 0.717) is 23.8 Å². The molecule has 1 rings (SSSR count). The van der Waals surface area contributed by atoms with Gasteiger partial charge in [0.2, 0.25) is 5.91 Å². The van der Waals surface area contributed by atoms with E-state index in [1.54, 1.807) is 23.2 Å². The maximum absolute atomic E-state index is 11.1. The summed E-state index contributed by atoms with van der Waals surface area (Å²) in [5.41, 5.74) is 5.93. The molecule has 0 saturated heterocycles. The van der Waals surface area contributed by atoms with Crippen LogP contribution in [-0.2, 0) is 11.4 Å². The summed E-state index contributed by atoms with van der Waals surface area (Å²) < 4.78 is 0. The normalized spacial score (nSPS) is 10.6. The average molecular weight is 237 g/mol. The van der Waals surface area contributed by atoms with Crippen molar-refractivity contribution in [2.45, 2.75) is 20.5 Å². The van der Waals surface area contributed by atoms with E-state index in [-0.39, 0.29) is 13.2 Å². The summed E-state index contributed by atoms with van der Waals surface area (Å²) in [5.74, 6) is 0.602. The van der Waals surface area contributed by atoms with Gasteiger partial charge in [-0.1, -0.05) is 19.9 Å². The highest BCUT2D eigenvalue weighted by Crippen LogP contribution is 2.18. The van der Waals surface area contributed by atoms with Crippen LogP contribution >= 0.6 is 0 Å². The Labute approximate surface area is 101 Å². The first-order valence-corrected chi connectivity index (χ1v) is 5.62. The minimum atomic E-state index is -0.403. The fourth-order valence-electron chi connectivity index (χ4n) is 1.69. The van der Waals surface area contributed by atoms with Crippen molar-refractivity contribution < 1.29 is 9.90 Å². The number of nitrogens with two attached hydrogens (primary N) is 1. The highest BCUT2D eigenvalue weighted by Gasteiger charge is 2.15. The third-order valence-electron chi connectivity index (χ3n) is 2.27. The Balaban J connectivity index is 2.98. The van der Waals surface area contributed by atoms with Gasteiger partial charge in [-0.2, -0.15) is 0 Å². The molecule has 5 nitrogen and oxygen atoms in total. The summed E-state index contributed by atoms with van der Waals surface area (Å²) in [5, 5.41) is 9.25. The molecule has 5 heteroatoms. The topological polar surface area (TPSA) is 79.5 Å². The number of amides is 1. The largest absolute Gasteiger partial charge is 0.392 e. The molecule has 0 aromatic carbocycles. The molecule has 1 aromatic heterocycles. The molecule has 0 aliphatic carbocycles. The zero-order valence-electron chi connectivity index (χ0n) is 10.3. The van der Waals surface area contributed by atoms with E-state index >= 15 is 0 Å². The van der Waals surface area contributed by atoms with E-state index < -0.39 is 5.91 Å². The van der Waals surface area contributed by atoms with Crippen molar-refractivity contribution in [1.82, 2.24) is 4.98 Å². The molecule has 0 atom stereocenters. The Bertz CT molecular complexity index is 380. The second-order valence-electron chi connectivity index (χ2n) is 4.38. The number of nitrogens with zero attached hydrogens (tertiary/aromatic N) is 2. The van der Waals surface area contributed by atoms with Crippen LogP contribution < -0.4 is 10.6 Å². The number of hydrogen-bond donors (Lipinski definition) is 2. The molecule has 3 N–H and O–H groups in total. The van der Waals surface area contributed by atoms with Crippen molar-refractivity contribution in [2.75, 3.05) is 18.0 Å². The van der Waals surface area contributed by atoms with Crippen LogP contribution in [0.1, 0.15) is 19.4 Å². The fourth-order valence-corrected chi connectivity index (χ4v) is 1.69. The maximum atomic E-state index is 11.1. The summed E-state index contributed by atoms with van der Waals surface area (Å²) in [4.78, 5) is 17.1. The molecule has 0 aliphatic rings. The van der Waals surface area contributed by atoms with Crippen LogP contribution in [-0.4, -0.2) is 29.1 Å². The number of pyridine rings is 1. The molecule has 0 radical (unpaired) electrons.